The number of amides is 1. The van der Waals surface area contributed by atoms with Crippen LogP contribution in [-0.4, -0.2) is 23.5 Å². The van der Waals surface area contributed by atoms with Crippen LogP contribution in [0.2, 0.25) is 0 Å². The predicted octanol–water partition coefficient (Wildman–Crippen LogP) is 2.65. The molecule has 0 saturated carbocycles. The summed E-state index contributed by atoms with van der Waals surface area (Å²) in [5, 5.41) is 12.5. The number of rotatable bonds is 2. The maximum absolute atomic E-state index is 12.0. The van der Waals surface area contributed by atoms with Crippen LogP contribution in [0.3, 0.4) is 0 Å². The summed E-state index contributed by atoms with van der Waals surface area (Å²) in [5.41, 5.74) is 1.09. The van der Waals surface area contributed by atoms with Gasteiger partial charge in [0.1, 0.15) is 0 Å². The van der Waals surface area contributed by atoms with Gasteiger partial charge in [-0.25, -0.2) is 0 Å². The third-order valence-corrected chi connectivity index (χ3v) is 3.95. The van der Waals surface area contributed by atoms with Crippen molar-refractivity contribution in [1.82, 2.24) is 5.32 Å². The number of carboxylic acids is 1. The van der Waals surface area contributed by atoms with Gasteiger partial charge < -0.3 is 10.4 Å². The van der Waals surface area contributed by atoms with Crippen molar-refractivity contribution < 1.29 is 14.7 Å². The van der Waals surface area contributed by atoms with Gasteiger partial charge in [-0.2, -0.15) is 0 Å². The maximum atomic E-state index is 12.0. The Labute approximate surface area is 119 Å². The molecule has 0 saturated heterocycles. The first-order valence-corrected chi connectivity index (χ1v) is 6.92. The summed E-state index contributed by atoms with van der Waals surface area (Å²) in [4.78, 5) is 23.8. The summed E-state index contributed by atoms with van der Waals surface area (Å²) in [7, 11) is 0. The number of carbonyl (C=O) groups excluding carboxylic acids is 1. The molecule has 1 amide bonds. The van der Waals surface area contributed by atoms with E-state index in [-0.39, 0.29) is 17.2 Å². The summed E-state index contributed by atoms with van der Waals surface area (Å²) in [5.74, 6) is -1.58. The summed E-state index contributed by atoms with van der Waals surface area (Å²) < 4.78 is 0. The number of hydrogen-bond acceptors (Lipinski definition) is 2. The lowest BCUT2D eigenvalue weighted by atomic mass is 9.69. The zero-order valence-corrected chi connectivity index (χ0v) is 12.1. The smallest absolute Gasteiger partial charge is 0.307 e. The Morgan fingerprint density at radius 1 is 1.35 bits per heavy atom. The van der Waals surface area contributed by atoms with E-state index in [1.165, 1.54) is 0 Å². The van der Waals surface area contributed by atoms with Crippen LogP contribution < -0.4 is 5.32 Å². The average molecular weight is 275 g/mol. The number of aliphatic carboxylic acids is 1. The van der Waals surface area contributed by atoms with Crippen LogP contribution in [0.15, 0.2) is 24.3 Å². The largest absolute Gasteiger partial charge is 0.481 e. The van der Waals surface area contributed by atoms with E-state index >= 15 is 0 Å². The highest BCUT2D eigenvalue weighted by molar-refractivity contribution is 5.96. The van der Waals surface area contributed by atoms with Crippen molar-refractivity contribution in [3.8, 4) is 0 Å². The van der Waals surface area contributed by atoms with Crippen molar-refractivity contribution >= 4 is 11.9 Å². The number of fused-ring (bicyclic) bond motifs is 1. The zero-order valence-electron chi connectivity index (χ0n) is 12.1. The molecule has 4 nitrogen and oxygen atoms in total. The molecular formula is C16H21NO3. The van der Waals surface area contributed by atoms with Crippen LogP contribution in [0, 0.1) is 11.3 Å². The Hall–Kier alpha value is -1.84. The minimum Gasteiger partial charge on any atom is -0.481 e. The second-order valence-electron chi connectivity index (χ2n) is 6.42. The van der Waals surface area contributed by atoms with Crippen molar-refractivity contribution in [3.05, 3.63) is 35.4 Å². The van der Waals surface area contributed by atoms with Gasteiger partial charge in [-0.1, -0.05) is 39.0 Å². The van der Waals surface area contributed by atoms with Gasteiger partial charge in [0.2, 0.25) is 0 Å². The van der Waals surface area contributed by atoms with Gasteiger partial charge in [0, 0.05) is 18.0 Å². The van der Waals surface area contributed by atoms with Gasteiger partial charge in [-0.15, -0.1) is 0 Å². The third-order valence-electron chi connectivity index (χ3n) is 3.95. The highest BCUT2D eigenvalue weighted by Gasteiger charge is 2.40. The molecule has 1 aromatic rings. The molecule has 0 fully saturated rings. The minimum absolute atomic E-state index is 0.110. The molecule has 2 rings (SSSR count). The van der Waals surface area contributed by atoms with E-state index in [0.717, 1.165) is 5.56 Å². The first kappa shape index (κ1) is 14.6. The number of hydrogen-bond donors (Lipinski definition) is 2. The lowest BCUT2D eigenvalue weighted by Gasteiger charge is -2.34. The van der Waals surface area contributed by atoms with E-state index in [1.807, 2.05) is 39.0 Å². The lowest BCUT2D eigenvalue weighted by Crippen LogP contribution is -2.34. The Morgan fingerprint density at radius 2 is 2.00 bits per heavy atom. The standard InChI is InChI=1S/C16H21NO3/c1-16(2,3)13(15(19)20)11-8-9-17-14(18)12-7-5-4-6-10(11)12/h4-7,11,13H,8-9H2,1-3H3,(H,17,18)(H,19,20). The Bertz CT molecular complexity index is 531. The van der Waals surface area contributed by atoms with Gasteiger partial charge in [-0.05, 0) is 23.5 Å². The van der Waals surface area contributed by atoms with Crippen molar-refractivity contribution in [3.63, 3.8) is 0 Å². The van der Waals surface area contributed by atoms with Crippen molar-refractivity contribution in [1.29, 1.82) is 0 Å². The van der Waals surface area contributed by atoms with Crippen LogP contribution in [-0.2, 0) is 4.79 Å². The van der Waals surface area contributed by atoms with Crippen molar-refractivity contribution in [2.45, 2.75) is 33.1 Å². The fraction of sp³-hybridized carbons (Fsp3) is 0.500. The van der Waals surface area contributed by atoms with E-state index in [2.05, 4.69) is 5.32 Å². The second-order valence-corrected chi connectivity index (χ2v) is 6.42. The number of carbonyl (C=O) groups is 2. The van der Waals surface area contributed by atoms with Gasteiger partial charge in [0.15, 0.2) is 0 Å². The Kier molecular flexibility index (Phi) is 3.84. The van der Waals surface area contributed by atoms with Crippen molar-refractivity contribution in [2.24, 2.45) is 11.3 Å². The van der Waals surface area contributed by atoms with Gasteiger partial charge >= 0.3 is 5.97 Å². The molecule has 2 atom stereocenters. The fourth-order valence-corrected chi connectivity index (χ4v) is 3.11. The molecular weight excluding hydrogens is 254 g/mol. The normalized spacial score (nSPS) is 20.6. The van der Waals surface area contributed by atoms with E-state index in [9.17, 15) is 14.7 Å². The molecule has 0 bridgehead atoms. The van der Waals surface area contributed by atoms with Crippen LogP contribution in [0.1, 0.15) is 49.0 Å². The van der Waals surface area contributed by atoms with Gasteiger partial charge in [-0.3, -0.25) is 9.59 Å². The van der Waals surface area contributed by atoms with Crippen LogP contribution in [0.4, 0.5) is 0 Å². The molecule has 1 aliphatic rings. The first-order valence-electron chi connectivity index (χ1n) is 6.92. The predicted molar refractivity (Wildman–Crippen MR) is 76.7 cm³/mol. The number of benzene rings is 1. The molecule has 2 N–H and O–H groups in total. The lowest BCUT2D eigenvalue weighted by molar-refractivity contribution is -0.146. The van der Waals surface area contributed by atoms with Crippen LogP contribution >= 0.6 is 0 Å². The first-order chi connectivity index (χ1) is 9.32. The topological polar surface area (TPSA) is 66.4 Å². The van der Waals surface area contributed by atoms with Gasteiger partial charge in [0.25, 0.3) is 5.91 Å². The molecule has 4 heteroatoms. The highest BCUT2D eigenvalue weighted by Crippen LogP contribution is 2.41. The quantitative estimate of drug-likeness (QED) is 0.872. The summed E-state index contributed by atoms with van der Waals surface area (Å²) in [6, 6.07) is 7.33. The maximum Gasteiger partial charge on any atom is 0.307 e. The summed E-state index contributed by atoms with van der Waals surface area (Å²) >= 11 is 0. The zero-order chi connectivity index (χ0) is 14.9. The number of carboxylic acid groups (broad SMARTS) is 1. The van der Waals surface area contributed by atoms with Crippen LogP contribution in [0.5, 0.6) is 0 Å². The summed E-state index contributed by atoms with van der Waals surface area (Å²) in [6.07, 6.45) is 0.650. The van der Waals surface area contributed by atoms with Gasteiger partial charge in [0.05, 0.1) is 5.92 Å². The van der Waals surface area contributed by atoms with Crippen molar-refractivity contribution in [2.75, 3.05) is 6.54 Å². The van der Waals surface area contributed by atoms with E-state index in [0.29, 0.717) is 18.5 Å². The molecule has 0 aromatic heterocycles. The fourth-order valence-electron chi connectivity index (χ4n) is 3.11. The van der Waals surface area contributed by atoms with E-state index in [4.69, 9.17) is 0 Å². The molecule has 2 unspecified atom stereocenters. The Morgan fingerprint density at radius 3 is 2.60 bits per heavy atom. The molecule has 1 heterocycles. The average Bonchev–Trinajstić information content (AvgIpc) is 2.49. The number of nitrogens with one attached hydrogen (secondary N) is 1. The van der Waals surface area contributed by atoms with E-state index in [1.54, 1.807) is 6.07 Å². The highest BCUT2D eigenvalue weighted by atomic mass is 16.4. The SMILES string of the molecule is CC(C)(C)C(C(=O)O)C1CCNC(=O)c2ccccc21. The molecule has 1 aromatic carbocycles. The second kappa shape index (κ2) is 5.27. The minimum atomic E-state index is -0.799. The van der Waals surface area contributed by atoms with E-state index < -0.39 is 11.9 Å². The molecule has 1 aliphatic heterocycles. The molecule has 0 radical (unpaired) electrons. The molecule has 108 valence electrons. The third kappa shape index (κ3) is 2.69. The molecule has 20 heavy (non-hydrogen) atoms. The monoisotopic (exact) mass is 275 g/mol. The Balaban J connectivity index is 2.53. The molecule has 0 spiro atoms. The molecule has 0 aliphatic carbocycles. The summed E-state index contributed by atoms with van der Waals surface area (Å²) in [6.45, 7) is 6.33. The van der Waals surface area contributed by atoms with Crippen LogP contribution in [0.25, 0.3) is 0 Å².